The van der Waals surface area contributed by atoms with Gasteiger partial charge in [-0.25, -0.2) is 0 Å². The summed E-state index contributed by atoms with van der Waals surface area (Å²) in [6, 6.07) is 14.4. The molecule has 96 valence electrons. The molecule has 1 nitrogen and oxygen atoms in total. The number of rotatable bonds is 1. The molecule has 0 N–H and O–H groups in total. The predicted molar refractivity (Wildman–Crippen MR) is 77.8 cm³/mol. The molecule has 0 amide bonds. The highest BCUT2D eigenvalue weighted by Gasteiger charge is 2.29. The van der Waals surface area contributed by atoms with E-state index in [0.717, 1.165) is 18.4 Å². The van der Waals surface area contributed by atoms with Gasteiger partial charge in [-0.3, -0.25) is 4.79 Å². The topological polar surface area (TPSA) is 17.1 Å². The van der Waals surface area contributed by atoms with E-state index in [1.165, 1.54) is 22.3 Å². The van der Waals surface area contributed by atoms with Crippen LogP contribution in [0.1, 0.15) is 45.0 Å². The van der Waals surface area contributed by atoms with Gasteiger partial charge in [-0.05, 0) is 43.4 Å². The van der Waals surface area contributed by atoms with Crippen molar-refractivity contribution in [3.63, 3.8) is 0 Å². The first-order chi connectivity index (χ1) is 9.16. The Morgan fingerprint density at radius 3 is 2.68 bits per heavy atom. The summed E-state index contributed by atoms with van der Waals surface area (Å²) in [4.78, 5) is 12.7. The Morgan fingerprint density at radius 1 is 1.05 bits per heavy atom. The molecule has 0 heterocycles. The Balaban J connectivity index is 2.05. The van der Waals surface area contributed by atoms with Gasteiger partial charge in [0.05, 0.1) is 0 Å². The fourth-order valence-electron chi connectivity index (χ4n) is 3.03. The molecule has 0 fully saturated rings. The summed E-state index contributed by atoms with van der Waals surface area (Å²) in [5.74, 6) is 0.324. The fourth-order valence-corrected chi connectivity index (χ4v) is 3.03. The molecule has 0 spiro atoms. The van der Waals surface area contributed by atoms with E-state index < -0.39 is 0 Å². The Bertz CT molecular complexity index is 640. The summed E-state index contributed by atoms with van der Waals surface area (Å²) in [6.07, 6.45) is 1.93. The Labute approximate surface area is 114 Å². The number of fused-ring (bicyclic) bond motifs is 1. The zero-order valence-corrected chi connectivity index (χ0v) is 11.4. The molecule has 1 unspecified atom stereocenters. The van der Waals surface area contributed by atoms with Crippen LogP contribution in [0.5, 0.6) is 0 Å². The Morgan fingerprint density at radius 2 is 1.84 bits per heavy atom. The average Bonchev–Trinajstić information content (AvgIpc) is 2.43. The Kier molecular flexibility index (Phi) is 2.98. The number of aryl methyl sites for hydroxylation is 3. The maximum atomic E-state index is 12.7. The van der Waals surface area contributed by atoms with E-state index in [1.807, 2.05) is 18.2 Å². The van der Waals surface area contributed by atoms with Crippen molar-refractivity contribution in [2.24, 2.45) is 0 Å². The number of carbonyl (C=O) groups excluding carboxylic acids is 1. The summed E-state index contributed by atoms with van der Waals surface area (Å²) in [7, 11) is 0. The molecule has 3 rings (SSSR count). The van der Waals surface area contributed by atoms with Crippen LogP contribution < -0.4 is 0 Å². The second-order valence-corrected chi connectivity index (χ2v) is 5.47. The van der Waals surface area contributed by atoms with Crippen molar-refractivity contribution in [2.75, 3.05) is 0 Å². The lowest BCUT2D eigenvalue weighted by Gasteiger charge is -2.25. The molecule has 2 aromatic carbocycles. The SMILES string of the molecule is Cc1ccc(C)c(C2CCc3ccccc3C2=O)c1. The number of Topliss-reactive ketones (excluding diaryl/α,β-unsaturated/α-hetero) is 1. The molecule has 1 aliphatic carbocycles. The van der Waals surface area contributed by atoms with Crippen LogP contribution in [0, 0.1) is 13.8 Å². The third-order valence-electron chi connectivity index (χ3n) is 4.11. The van der Waals surface area contributed by atoms with Crippen molar-refractivity contribution in [1.82, 2.24) is 0 Å². The van der Waals surface area contributed by atoms with Crippen molar-refractivity contribution in [3.8, 4) is 0 Å². The third kappa shape index (κ3) is 2.10. The smallest absolute Gasteiger partial charge is 0.170 e. The summed E-state index contributed by atoms with van der Waals surface area (Å²) in [5, 5.41) is 0. The summed E-state index contributed by atoms with van der Waals surface area (Å²) < 4.78 is 0. The minimum absolute atomic E-state index is 0.0369. The zero-order valence-electron chi connectivity index (χ0n) is 11.4. The van der Waals surface area contributed by atoms with E-state index in [2.05, 4.69) is 38.1 Å². The zero-order chi connectivity index (χ0) is 13.4. The van der Waals surface area contributed by atoms with Gasteiger partial charge in [0.25, 0.3) is 0 Å². The highest BCUT2D eigenvalue weighted by Crippen LogP contribution is 2.34. The highest BCUT2D eigenvalue weighted by molar-refractivity contribution is 6.03. The van der Waals surface area contributed by atoms with Gasteiger partial charge < -0.3 is 0 Å². The van der Waals surface area contributed by atoms with Gasteiger partial charge in [0.2, 0.25) is 0 Å². The van der Waals surface area contributed by atoms with Crippen LogP contribution in [-0.4, -0.2) is 5.78 Å². The summed E-state index contributed by atoms with van der Waals surface area (Å²) in [6.45, 7) is 4.19. The molecule has 0 aromatic heterocycles. The van der Waals surface area contributed by atoms with Crippen LogP contribution in [0.4, 0.5) is 0 Å². The number of ketones is 1. The number of carbonyl (C=O) groups is 1. The van der Waals surface area contributed by atoms with Crippen molar-refractivity contribution < 1.29 is 4.79 Å². The minimum Gasteiger partial charge on any atom is -0.293 e. The summed E-state index contributed by atoms with van der Waals surface area (Å²) in [5.41, 5.74) is 5.78. The third-order valence-corrected chi connectivity index (χ3v) is 4.11. The lowest BCUT2D eigenvalue weighted by Crippen LogP contribution is -2.21. The molecule has 0 saturated heterocycles. The molecule has 1 atom stereocenters. The molecule has 1 heteroatoms. The van der Waals surface area contributed by atoms with E-state index in [0.29, 0.717) is 0 Å². The lowest BCUT2D eigenvalue weighted by molar-refractivity contribution is 0.0946. The molecule has 0 aliphatic heterocycles. The standard InChI is InChI=1S/C18H18O/c1-12-7-8-13(2)17(11-12)16-10-9-14-5-3-4-6-15(14)18(16)19/h3-8,11,16H,9-10H2,1-2H3. The number of hydrogen-bond donors (Lipinski definition) is 0. The number of benzene rings is 2. The maximum absolute atomic E-state index is 12.7. The molecular weight excluding hydrogens is 232 g/mol. The monoisotopic (exact) mass is 250 g/mol. The van der Waals surface area contributed by atoms with Crippen LogP contribution in [0.25, 0.3) is 0 Å². The summed E-state index contributed by atoms with van der Waals surface area (Å²) >= 11 is 0. The van der Waals surface area contributed by atoms with Crippen molar-refractivity contribution in [3.05, 3.63) is 70.3 Å². The molecular formula is C18H18O. The van der Waals surface area contributed by atoms with E-state index in [1.54, 1.807) is 0 Å². The van der Waals surface area contributed by atoms with Crippen LogP contribution >= 0.6 is 0 Å². The van der Waals surface area contributed by atoms with Crippen LogP contribution in [-0.2, 0) is 6.42 Å². The average molecular weight is 250 g/mol. The van der Waals surface area contributed by atoms with Crippen LogP contribution in [0.3, 0.4) is 0 Å². The first kappa shape index (κ1) is 12.2. The van der Waals surface area contributed by atoms with E-state index >= 15 is 0 Å². The molecule has 19 heavy (non-hydrogen) atoms. The largest absolute Gasteiger partial charge is 0.293 e. The second kappa shape index (κ2) is 4.65. The minimum atomic E-state index is 0.0369. The van der Waals surface area contributed by atoms with E-state index in [4.69, 9.17) is 0 Å². The fraction of sp³-hybridized carbons (Fsp3) is 0.278. The second-order valence-electron chi connectivity index (χ2n) is 5.47. The van der Waals surface area contributed by atoms with Gasteiger partial charge in [-0.2, -0.15) is 0 Å². The maximum Gasteiger partial charge on any atom is 0.170 e. The first-order valence-electron chi connectivity index (χ1n) is 6.86. The van der Waals surface area contributed by atoms with Crippen LogP contribution in [0.2, 0.25) is 0 Å². The van der Waals surface area contributed by atoms with Gasteiger partial charge >= 0.3 is 0 Å². The molecule has 0 saturated carbocycles. The van der Waals surface area contributed by atoms with Gasteiger partial charge in [0.15, 0.2) is 5.78 Å². The normalized spacial score (nSPS) is 18.2. The molecule has 2 aromatic rings. The predicted octanol–water partition coefficient (Wildman–Crippen LogP) is 4.22. The number of hydrogen-bond acceptors (Lipinski definition) is 1. The van der Waals surface area contributed by atoms with Crippen molar-refractivity contribution >= 4 is 5.78 Å². The van der Waals surface area contributed by atoms with Crippen molar-refractivity contribution in [2.45, 2.75) is 32.6 Å². The van der Waals surface area contributed by atoms with Crippen molar-refractivity contribution in [1.29, 1.82) is 0 Å². The molecule has 0 bridgehead atoms. The Hall–Kier alpha value is -1.89. The van der Waals surface area contributed by atoms with E-state index in [-0.39, 0.29) is 11.7 Å². The van der Waals surface area contributed by atoms with Gasteiger partial charge in [-0.1, -0.05) is 48.0 Å². The quantitative estimate of drug-likeness (QED) is 0.740. The van der Waals surface area contributed by atoms with Crippen LogP contribution in [0.15, 0.2) is 42.5 Å². The lowest BCUT2D eigenvalue weighted by atomic mass is 9.77. The molecule has 1 aliphatic rings. The van der Waals surface area contributed by atoms with Gasteiger partial charge in [0, 0.05) is 11.5 Å². The van der Waals surface area contributed by atoms with Gasteiger partial charge in [0.1, 0.15) is 0 Å². The van der Waals surface area contributed by atoms with E-state index in [9.17, 15) is 4.79 Å². The highest BCUT2D eigenvalue weighted by atomic mass is 16.1. The molecule has 0 radical (unpaired) electrons. The first-order valence-corrected chi connectivity index (χ1v) is 6.86. The van der Waals surface area contributed by atoms with Gasteiger partial charge in [-0.15, -0.1) is 0 Å².